The molecular weight excluding hydrogens is 286 g/mol. The molecule has 0 bridgehead atoms. The number of halogens is 1. The number of rotatable bonds is 3. The van der Waals surface area contributed by atoms with Crippen LogP contribution in [0.15, 0.2) is 21.3 Å². The van der Waals surface area contributed by atoms with Crippen molar-refractivity contribution >= 4 is 27.3 Å². The summed E-state index contributed by atoms with van der Waals surface area (Å²) in [5.74, 6) is 0. The van der Waals surface area contributed by atoms with Gasteiger partial charge in [0, 0.05) is 16.9 Å². The maximum absolute atomic E-state index is 6.25. The van der Waals surface area contributed by atoms with Gasteiger partial charge in [0.15, 0.2) is 0 Å². The minimum Gasteiger partial charge on any atom is -0.319 e. The van der Waals surface area contributed by atoms with Crippen molar-refractivity contribution in [3.63, 3.8) is 0 Å². The summed E-state index contributed by atoms with van der Waals surface area (Å²) in [4.78, 5) is 0. The fourth-order valence-electron chi connectivity index (χ4n) is 1.68. The van der Waals surface area contributed by atoms with E-state index in [1.807, 2.05) is 17.1 Å². The number of nitrogens with zero attached hydrogens (tertiary/aromatic N) is 2. The van der Waals surface area contributed by atoms with Gasteiger partial charge in [-0.25, -0.2) is 0 Å². The maximum atomic E-state index is 6.25. The first kappa shape index (κ1) is 11.8. The Labute approximate surface area is 107 Å². The topological polar surface area (TPSA) is 43.8 Å². The van der Waals surface area contributed by atoms with Gasteiger partial charge in [-0.15, -0.1) is 0 Å². The van der Waals surface area contributed by atoms with Crippen molar-refractivity contribution in [2.75, 3.05) is 0 Å². The standard InChI is InChI=1S/C11H14BrN3S/c1-3-7-4-10(15(2)14-7)11(13)8-5-16-6-9(8)12/h4-6,11H,3,13H2,1-2H3. The molecule has 1 unspecified atom stereocenters. The second kappa shape index (κ2) is 4.69. The first-order valence-corrected chi connectivity index (χ1v) is 6.87. The van der Waals surface area contributed by atoms with E-state index in [-0.39, 0.29) is 6.04 Å². The van der Waals surface area contributed by atoms with Gasteiger partial charge in [0.25, 0.3) is 0 Å². The van der Waals surface area contributed by atoms with E-state index in [1.54, 1.807) is 11.3 Å². The molecule has 0 radical (unpaired) electrons. The number of hydrogen-bond donors (Lipinski definition) is 1. The highest BCUT2D eigenvalue weighted by molar-refractivity contribution is 9.10. The molecule has 2 aromatic rings. The van der Waals surface area contributed by atoms with Crippen molar-refractivity contribution in [1.82, 2.24) is 9.78 Å². The summed E-state index contributed by atoms with van der Waals surface area (Å²) in [7, 11) is 1.94. The van der Waals surface area contributed by atoms with Gasteiger partial charge in [-0.05, 0) is 39.4 Å². The van der Waals surface area contributed by atoms with Gasteiger partial charge in [-0.2, -0.15) is 16.4 Å². The van der Waals surface area contributed by atoms with Gasteiger partial charge in [-0.3, -0.25) is 4.68 Å². The summed E-state index contributed by atoms with van der Waals surface area (Å²) >= 11 is 5.16. The third-order valence-electron chi connectivity index (χ3n) is 2.62. The minimum atomic E-state index is -0.113. The Morgan fingerprint density at radius 2 is 2.31 bits per heavy atom. The smallest absolute Gasteiger partial charge is 0.0742 e. The number of thiophene rings is 1. The Bertz CT molecular complexity index is 489. The quantitative estimate of drug-likeness (QED) is 0.947. The van der Waals surface area contributed by atoms with E-state index in [9.17, 15) is 0 Å². The molecule has 0 aliphatic heterocycles. The zero-order valence-electron chi connectivity index (χ0n) is 9.27. The second-order valence-electron chi connectivity index (χ2n) is 3.69. The lowest BCUT2D eigenvalue weighted by Gasteiger charge is -2.10. The highest BCUT2D eigenvalue weighted by Gasteiger charge is 2.17. The Kier molecular flexibility index (Phi) is 3.47. The molecule has 0 amide bonds. The molecule has 2 heterocycles. The number of nitrogens with two attached hydrogens (primary N) is 1. The molecule has 1 atom stereocenters. The van der Waals surface area contributed by atoms with Crippen LogP contribution in [-0.4, -0.2) is 9.78 Å². The maximum Gasteiger partial charge on any atom is 0.0742 e. The molecule has 0 aliphatic rings. The lowest BCUT2D eigenvalue weighted by molar-refractivity contribution is 0.666. The zero-order valence-corrected chi connectivity index (χ0v) is 11.7. The molecule has 2 rings (SSSR count). The van der Waals surface area contributed by atoms with E-state index in [0.717, 1.165) is 27.8 Å². The van der Waals surface area contributed by atoms with Crippen LogP contribution >= 0.6 is 27.3 Å². The SMILES string of the molecule is CCc1cc(C(N)c2cscc2Br)n(C)n1. The molecule has 0 aromatic carbocycles. The van der Waals surface area contributed by atoms with Gasteiger partial charge < -0.3 is 5.73 Å². The van der Waals surface area contributed by atoms with Crippen LogP contribution in [-0.2, 0) is 13.5 Å². The molecule has 86 valence electrons. The Morgan fingerprint density at radius 1 is 1.56 bits per heavy atom. The Hall–Kier alpha value is -0.650. The van der Waals surface area contributed by atoms with Crippen molar-refractivity contribution in [2.24, 2.45) is 12.8 Å². The third-order valence-corrected chi connectivity index (χ3v) is 4.38. The van der Waals surface area contributed by atoms with Gasteiger partial charge in [0.05, 0.1) is 17.4 Å². The van der Waals surface area contributed by atoms with Crippen LogP contribution in [0.3, 0.4) is 0 Å². The van der Waals surface area contributed by atoms with Crippen LogP contribution in [0.25, 0.3) is 0 Å². The third kappa shape index (κ3) is 2.07. The van der Waals surface area contributed by atoms with Crippen LogP contribution in [0, 0.1) is 0 Å². The summed E-state index contributed by atoms with van der Waals surface area (Å²) in [6.45, 7) is 2.10. The summed E-state index contributed by atoms with van der Waals surface area (Å²) < 4.78 is 2.94. The van der Waals surface area contributed by atoms with Crippen LogP contribution in [0.4, 0.5) is 0 Å². The first-order valence-electron chi connectivity index (χ1n) is 5.13. The fourth-order valence-corrected chi connectivity index (χ4v) is 3.26. The average molecular weight is 300 g/mol. The van der Waals surface area contributed by atoms with Crippen LogP contribution in [0.5, 0.6) is 0 Å². The summed E-state index contributed by atoms with van der Waals surface area (Å²) in [6.07, 6.45) is 0.936. The molecule has 0 aliphatic carbocycles. The van der Waals surface area contributed by atoms with Gasteiger partial charge in [0.1, 0.15) is 0 Å². The van der Waals surface area contributed by atoms with Gasteiger partial charge in [0.2, 0.25) is 0 Å². The van der Waals surface area contributed by atoms with Crippen molar-refractivity contribution in [2.45, 2.75) is 19.4 Å². The number of aromatic nitrogens is 2. The van der Waals surface area contributed by atoms with Crippen molar-refractivity contribution in [3.05, 3.63) is 38.3 Å². The van der Waals surface area contributed by atoms with Gasteiger partial charge in [-0.1, -0.05) is 6.92 Å². The molecule has 0 saturated heterocycles. The number of hydrogen-bond acceptors (Lipinski definition) is 3. The van der Waals surface area contributed by atoms with Crippen LogP contribution in [0.1, 0.15) is 29.9 Å². The molecule has 16 heavy (non-hydrogen) atoms. The van der Waals surface area contributed by atoms with Crippen molar-refractivity contribution in [1.29, 1.82) is 0 Å². The molecule has 0 saturated carbocycles. The van der Waals surface area contributed by atoms with E-state index in [0.29, 0.717) is 0 Å². The first-order chi connectivity index (χ1) is 7.63. The summed E-state index contributed by atoms with van der Waals surface area (Å²) in [6, 6.07) is 1.97. The highest BCUT2D eigenvalue weighted by atomic mass is 79.9. The predicted octanol–water partition coefficient (Wildman–Crippen LogP) is 2.85. The zero-order chi connectivity index (χ0) is 11.7. The lowest BCUT2D eigenvalue weighted by atomic mass is 10.1. The van der Waals surface area contributed by atoms with Crippen molar-refractivity contribution < 1.29 is 0 Å². The average Bonchev–Trinajstić information content (AvgIpc) is 2.83. The second-order valence-corrected chi connectivity index (χ2v) is 5.29. The van der Waals surface area contributed by atoms with Crippen LogP contribution in [0.2, 0.25) is 0 Å². The molecular formula is C11H14BrN3S. The van der Waals surface area contributed by atoms with E-state index in [1.165, 1.54) is 0 Å². The molecule has 2 aromatic heterocycles. The van der Waals surface area contributed by atoms with E-state index in [2.05, 4.69) is 39.4 Å². The van der Waals surface area contributed by atoms with E-state index in [4.69, 9.17) is 5.73 Å². The minimum absolute atomic E-state index is 0.113. The summed E-state index contributed by atoms with van der Waals surface area (Å²) in [5.41, 5.74) is 9.50. The van der Waals surface area contributed by atoms with Crippen LogP contribution < -0.4 is 5.73 Å². The molecule has 5 heteroatoms. The molecule has 0 fully saturated rings. The normalized spacial score (nSPS) is 13.0. The Morgan fingerprint density at radius 3 is 2.81 bits per heavy atom. The highest BCUT2D eigenvalue weighted by Crippen LogP contribution is 2.30. The van der Waals surface area contributed by atoms with Crippen molar-refractivity contribution in [3.8, 4) is 0 Å². The Balaban J connectivity index is 2.37. The molecule has 0 spiro atoms. The monoisotopic (exact) mass is 299 g/mol. The predicted molar refractivity (Wildman–Crippen MR) is 70.6 cm³/mol. The van der Waals surface area contributed by atoms with E-state index < -0.39 is 0 Å². The largest absolute Gasteiger partial charge is 0.319 e. The molecule has 2 N–H and O–H groups in total. The number of aryl methyl sites for hydroxylation is 2. The van der Waals surface area contributed by atoms with Gasteiger partial charge >= 0.3 is 0 Å². The fraction of sp³-hybridized carbons (Fsp3) is 0.364. The molecule has 3 nitrogen and oxygen atoms in total. The van der Waals surface area contributed by atoms with E-state index >= 15 is 0 Å². The lowest BCUT2D eigenvalue weighted by Crippen LogP contribution is -2.15. The summed E-state index contributed by atoms with van der Waals surface area (Å²) in [5, 5.41) is 8.54.